The molecule has 0 spiro atoms. The molecule has 0 radical (unpaired) electrons. The number of rotatable bonds is 6. The third-order valence-corrected chi connectivity index (χ3v) is 6.39. The van der Waals surface area contributed by atoms with Crippen molar-refractivity contribution in [2.24, 2.45) is 5.92 Å². The second kappa shape index (κ2) is 9.43. The van der Waals surface area contributed by atoms with Gasteiger partial charge in [0.1, 0.15) is 0 Å². The first-order chi connectivity index (χ1) is 15.1. The molecule has 2 fully saturated rings. The minimum Gasteiger partial charge on any atom is -0.462 e. The third kappa shape index (κ3) is 4.69. The van der Waals surface area contributed by atoms with Crippen LogP contribution in [0.1, 0.15) is 42.1 Å². The van der Waals surface area contributed by atoms with Crippen LogP contribution in [0.4, 0.5) is 5.69 Å². The quantitative estimate of drug-likeness (QED) is 0.573. The zero-order valence-corrected chi connectivity index (χ0v) is 17.9. The zero-order chi connectivity index (χ0) is 21.8. The molecule has 1 atom stereocenters. The van der Waals surface area contributed by atoms with Gasteiger partial charge >= 0.3 is 5.97 Å². The highest BCUT2D eigenvalue weighted by molar-refractivity contribution is 6.22. The van der Waals surface area contributed by atoms with Crippen molar-refractivity contribution in [1.82, 2.24) is 0 Å². The number of benzene rings is 2. The van der Waals surface area contributed by atoms with E-state index in [9.17, 15) is 14.4 Å². The molecule has 2 saturated heterocycles. The number of likely N-dealkylation sites (tertiary alicyclic amines) is 1. The summed E-state index contributed by atoms with van der Waals surface area (Å²) in [4.78, 5) is 40.1. The first kappa shape index (κ1) is 21.2. The summed E-state index contributed by atoms with van der Waals surface area (Å²) in [5, 5.41) is 0. The normalized spacial score (nSPS) is 23.8. The molecular weight excluding hydrogens is 392 g/mol. The Kier molecular flexibility index (Phi) is 6.47. The maximum absolute atomic E-state index is 13.1. The summed E-state index contributed by atoms with van der Waals surface area (Å²) in [6.45, 7) is 3.88. The largest absolute Gasteiger partial charge is 0.462 e. The van der Waals surface area contributed by atoms with E-state index in [1.54, 1.807) is 31.2 Å². The van der Waals surface area contributed by atoms with E-state index in [-0.39, 0.29) is 24.3 Å². The Hall–Kier alpha value is -2.99. The number of esters is 1. The fraction of sp³-hybridized carbons (Fsp3) is 0.400. The third-order valence-electron chi connectivity index (χ3n) is 6.39. The van der Waals surface area contributed by atoms with Crippen molar-refractivity contribution >= 4 is 23.5 Å². The minimum atomic E-state index is -0.409. The van der Waals surface area contributed by atoms with Crippen LogP contribution >= 0.6 is 0 Å². The van der Waals surface area contributed by atoms with E-state index in [0.717, 1.165) is 32.4 Å². The lowest BCUT2D eigenvalue weighted by atomic mass is 9.89. The highest BCUT2D eigenvalue weighted by Gasteiger charge is 2.46. The summed E-state index contributed by atoms with van der Waals surface area (Å²) < 4.78 is 4.99. The van der Waals surface area contributed by atoms with Gasteiger partial charge in [0.25, 0.3) is 5.91 Å². The Bertz CT molecular complexity index is 934. The maximum Gasteiger partial charge on any atom is 0.338 e. The molecule has 0 aromatic heterocycles. The van der Waals surface area contributed by atoms with Gasteiger partial charge in [-0.3, -0.25) is 9.59 Å². The van der Waals surface area contributed by atoms with Crippen LogP contribution in [0.15, 0.2) is 54.6 Å². The van der Waals surface area contributed by atoms with Crippen LogP contribution in [0.25, 0.3) is 0 Å². The topological polar surface area (TPSA) is 68.1 Å². The summed E-state index contributed by atoms with van der Waals surface area (Å²) in [6, 6.07) is 16.7. The Morgan fingerprint density at radius 1 is 1.03 bits per heavy atom. The second-order valence-electron chi connectivity index (χ2n) is 8.38. The number of nitrogens with one attached hydrogen (secondary N) is 1. The second-order valence-corrected chi connectivity index (χ2v) is 8.38. The average Bonchev–Trinajstić information content (AvgIpc) is 3.09. The molecule has 0 saturated carbocycles. The molecule has 2 heterocycles. The molecule has 2 aliphatic heterocycles. The molecule has 2 aliphatic rings. The number of carbonyl (C=O) groups excluding carboxylic acids is 3. The highest BCUT2D eigenvalue weighted by atomic mass is 16.5. The first-order valence-electron chi connectivity index (χ1n) is 11.1. The van der Waals surface area contributed by atoms with E-state index in [0.29, 0.717) is 23.8 Å². The monoisotopic (exact) mass is 421 g/mol. The van der Waals surface area contributed by atoms with Crippen molar-refractivity contribution in [3.05, 3.63) is 65.7 Å². The van der Waals surface area contributed by atoms with Crippen LogP contribution in [-0.4, -0.2) is 43.5 Å². The average molecular weight is 422 g/mol. The van der Waals surface area contributed by atoms with Gasteiger partial charge in [0.05, 0.1) is 37.4 Å². The fourth-order valence-corrected chi connectivity index (χ4v) is 4.73. The van der Waals surface area contributed by atoms with E-state index in [4.69, 9.17) is 4.74 Å². The number of hydrogen-bond donors (Lipinski definition) is 1. The van der Waals surface area contributed by atoms with Crippen LogP contribution < -0.4 is 9.80 Å². The standard InChI is InChI=1S/C25H28N2O4/c1-2-31-25(30)20-8-10-21(11-9-20)27-23(28)17-22(24(27)29)26-14-12-19(13-15-26)16-18-6-4-3-5-7-18/h3-11,19,22H,2,12-17H2,1H3/p+1/t22-/m1/s1. The molecule has 0 bridgehead atoms. The van der Waals surface area contributed by atoms with Crippen LogP contribution in [0.5, 0.6) is 0 Å². The van der Waals surface area contributed by atoms with Gasteiger partial charge in [-0.15, -0.1) is 0 Å². The van der Waals surface area contributed by atoms with Crippen molar-refractivity contribution in [2.75, 3.05) is 24.6 Å². The summed E-state index contributed by atoms with van der Waals surface area (Å²) in [5.74, 6) is -0.0816. The van der Waals surface area contributed by atoms with Crippen molar-refractivity contribution < 1.29 is 24.0 Å². The predicted molar refractivity (Wildman–Crippen MR) is 117 cm³/mol. The van der Waals surface area contributed by atoms with Crippen LogP contribution in [0, 0.1) is 5.92 Å². The number of imide groups is 1. The van der Waals surface area contributed by atoms with Crippen molar-refractivity contribution in [1.29, 1.82) is 0 Å². The van der Waals surface area contributed by atoms with Gasteiger partial charge in [-0.1, -0.05) is 30.3 Å². The van der Waals surface area contributed by atoms with Crippen LogP contribution in [-0.2, 0) is 20.7 Å². The molecular formula is C25H29N2O4+. The summed E-state index contributed by atoms with van der Waals surface area (Å²) in [7, 11) is 0. The Labute approximate surface area is 182 Å². The lowest BCUT2D eigenvalue weighted by Gasteiger charge is -2.32. The molecule has 0 aliphatic carbocycles. The van der Waals surface area contributed by atoms with Gasteiger partial charge in [0, 0.05) is 0 Å². The molecule has 2 aromatic carbocycles. The van der Waals surface area contributed by atoms with E-state index in [1.165, 1.54) is 15.4 Å². The van der Waals surface area contributed by atoms with E-state index >= 15 is 0 Å². The van der Waals surface area contributed by atoms with Gasteiger partial charge in [-0.2, -0.15) is 0 Å². The van der Waals surface area contributed by atoms with Gasteiger partial charge < -0.3 is 9.64 Å². The van der Waals surface area contributed by atoms with Crippen LogP contribution in [0.2, 0.25) is 0 Å². The molecule has 1 N–H and O–H groups in total. The molecule has 4 rings (SSSR count). The molecule has 6 nitrogen and oxygen atoms in total. The molecule has 2 aromatic rings. The zero-order valence-electron chi connectivity index (χ0n) is 17.9. The molecule has 162 valence electrons. The molecule has 0 unspecified atom stereocenters. The van der Waals surface area contributed by atoms with Gasteiger partial charge in [-0.05, 0) is 61.9 Å². The lowest BCUT2D eigenvalue weighted by Crippen LogP contribution is -3.17. The van der Waals surface area contributed by atoms with E-state index in [2.05, 4.69) is 24.3 Å². The first-order valence-corrected chi connectivity index (χ1v) is 11.1. The number of piperidine rings is 1. The number of amides is 2. The Morgan fingerprint density at radius 3 is 2.35 bits per heavy atom. The van der Waals surface area contributed by atoms with Gasteiger partial charge in [0.15, 0.2) is 6.04 Å². The highest BCUT2D eigenvalue weighted by Crippen LogP contribution is 2.24. The molecule has 31 heavy (non-hydrogen) atoms. The van der Waals surface area contributed by atoms with Crippen LogP contribution in [0.3, 0.4) is 0 Å². The van der Waals surface area contributed by atoms with Crippen molar-refractivity contribution in [3.63, 3.8) is 0 Å². The fourth-order valence-electron chi connectivity index (χ4n) is 4.73. The minimum absolute atomic E-state index is 0.134. The predicted octanol–water partition coefficient (Wildman–Crippen LogP) is 2.03. The van der Waals surface area contributed by atoms with E-state index in [1.807, 2.05) is 6.07 Å². The SMILES string of the molecule is CCOC(=O)c1ccc(N2C(=O)C[C@@H]([NH+]3CCC(Cc4ccccc4)CC3)C2=O)cc1. The summed E-state index contributed by atoms with van der Waals surface area (Å²) in [6.07, 6.45) is 3.45. The number of nitrogens with zero attached hydrogens (tertiary/aromatic N) is 1. The van der Waals surface area contributed by atoms with Gasteiger partial charge in [0.2, 0.25) is 5.91 Å². The van der Waals surface area contributed by atoms with Gasteiger partial charge in [-0.25, -0.2) is 9.69 Å². The number of carbonyl (C=O) groups is 3. The summed E-state index contributed by atoms with van der Waals surface area (Å²) >= 11 is 0. The Morgan fingerprint density at radius 2 is 1.71 bits per heavy atom. The summed E-state index contributed by atoms with van der Waals surface area (Å²) in [5.41, 5.74) is 2.29. The Balaban J connectivity index is 1.37. The molecule has 6 heteroatoms. The molecule has 2 amide bonds. The van der Waals surface area contributed by atoms with Crippen molar-refractivity contribution in [2.45, 2.75) is 38.6 Å². The van der Waals surface area contributed by atoms with E-state index < -0.39 is 5.97 Å². The lowest BCUT2D eigenvalue weighted by molar-refractivity contribution is -0.920. The number of quaternary nitrogens is 1. The number of anilines is 1. The van der Waals surface area contributed by atoms with Crippen molar-refractivity contribution in [3.8, 4) is 0 Å². The smallest absolute Gasteiger partial charge is 0.338 e. The number of ether oxygens (including phenoxy) is 1. The number of hydrogen-bond acceptors (Lipinski definition) is 4. The maximum atomic E-state index is 13.1.